The van der Waals surface area contributed by atoms with Crippen molar-refractivity contribution >= 4 is 5.91 Å². The van der Waals surface area contributed by atoms with E-state index in [9.17, 15) is 18.7 Å². The molecule has 0 fully saturated rings. The summed E-state index contributed by atoms with van der Waals surface area (Å²) in [6, 6.07) is 11.3. The zero-order chi connectivity index (χ0) is 17.7. The van der Waals surface area contributed by atoms with E-state index in [-0.39, 0.29) is 5.56 Å². The second-order valence-corrected chi connectivity index (χ2v) is 5.49. The van der Waals surface area contributed by atoms with Gasteiger partial charge in [0.1, 0.15) is 5.75 Å². The maximum atomic E-state index is 13.2. The fourth-order valence-corrected chi connectivity index (χ4v) is 2.16. The van der Waals surface area contributed by atoms with Crippen molar-refractivity contribution in [2.75, 3.05) is 0 Å². The fraction of sp³-hybridized carbons (Fsp3) is 0.278. The van der Waals surface area contributed by atoms with Gasteiger partial charge in [-0.05, 0) is 43.7 Å². The number of nitrogens with one attached hydrogen (secondary N) is 1. The van der Waals surface area contributed by atoms with Crippen molar-refractivity contribution in [3.05, 3.63) is 65.7 Å². The van der Waals surface area contributed by atoms with Gasteiger partial charge in [-0.1, -0.05) is 24.3 Å². The average molecular weight is 335 g/mol. The smallest absolute Gasteiger partial charge is 0.261 e. The minimum Gasteiger partial charge on any atom is -0.481 e. The Balaban J connectivity index is 1.95. The van der Waals surface area contributed by atoms with Crippen molar-refractivity contribution in [1.29, 1.82) is 0 Å². The summed E-state index contributed by atoms with van der Waals surface area (Å²) in [5.41, 5.74) is 0.179. The molecule has 0 aliphatic rings. The molecule has 0 saturated heterocycles. The van der Waals surface area contributed by atoms with Gasteiger partial charge >= 0.3 is 0 Å². The average Bonchev–Trinajstić information content (AvgIpc) is 2.57. The predicted octanol–water partition coefficient (Wildman–Crippen LogP) is 2.97. The quantitative estimate of drug-likeness (QED) is 0.853. The van der Waals surface area contributed by atoms with Crippen LogP contribution < -0.4 is 10.1 Å². The molecule has 3 atom stereocenters. The van der Waals surface area contributed by atoms with Gasteiger partial charge in [0.15, 0.2) is 17.7 Å². The van der Waals surface area contributed by atoms with Crippen LogP contribution in [0.25, 0.3) is 0 Å². The Bertz CT molecular complexity index is 694. The lowest BCUT2D eigenvalue weighted by atomic mass is 10.0. The lowest BCUT2D eigenvalue weighted by Crippen LogP contribution is -2.43. The van der Waals surface area contributed by atoms with Gasteiger partial charge in [0.2, 0.25) is 0 Å². The third-order valence-electron chi connectivity index (χ3n) is 3.55. The number of amides is 1. The highest BCUT2D eigenvalue weighted by Gasteiger charge is 2.23. The first-order valence-electron chi connectivity index (χ1n) is 7.53. The number of hydrogen-bond acceptors (Lipinski definition) is 3. The molecule has 0 heterocycles. The molecule has 4 nitrogen and oxygen atoms in total. The molecule has 0 aromatic heterocycles. The highest BCUT2D eigenvalue weighted by Crippen LogP contribution is 2.19. The van der Waals surface area contributed by atoms with Crippen LogP contribution in [0.2, 0.25) is 0 Å². The molecule has 6 heteroatoms. The van der Waals surface area contributed by atoms with Gasteiger partial charge in [0, 0.05) is 0 Å². The first-order chi connectivity index (χ1) is 11.4. The summed E-state index contributed by atoms with van der Waals surface area (Å²) < 4.78 is 31.7. The summed E-state index contributed by atoms with van der Waals surface area (Å²) in [7, 11) is 0. The van der Waals surface area contributed by atoms with Gasteiger partial charge in [0.25, 0.3) is 5.91 Å². The summed E-state index contributed by atoms with van der Waals surface area (Å²) >= 11 is 0. The molecule has 0 aliphatic heterocycles. The second-order valence-electron chi connectivity index (χ2n) is 5.49. The number of carbonyl (C=O) groups is 1. The number of halogens is 2. The second kappa shape index (κ2) is 7.88. The molecule has 0 aliphatic carbocycles. The monoisotopic (exact) mass is 335 g/mol. The number of carbonyl (C=O) groups excluding carboxylic acids is 1. The third-order valence-corrected chi connectivity index (χ3v) is 3.55. The van der Waals surface area contributed by atoms with E-state index in [4.69, 9.17) is 4.74 Å². The van der Waals surface area contributed by atoms with Crippen LogP contribution in [-0.4, -0.2) is 23.2 Å². The summed E-state index contributed by atoms with van der Waals surface area (Å²) in [6.07, 6.45) is -1.94. The molecule has 0 spiro atoms. The molecule has 1 amide bonds. The first-order valence-corrected chi connectivity index (χ1v) is 7.53. The maximum absolute atomic E-state index is 13.2. The molecule has 0 bridgehead atoms. The zero-order valence-corrected chi connectivity index (χ0v) is 13.4. The standard InChI is InChI=1S/C18H19F2NO3/c1-11(17(22)13-8-9-15(19)16(20)10-13)21-18(23)12(2)24-14-6-4-3-5-7-14/h3-12,17,22H,1-2H3,(H,21,23). The van der Waals surface area contributed by atoms with E-state index in [0.29, 0.717) is 5.75 Å². The van der Waals surface area contributed by atoms with Gasteiger partial charge in [-0.15, -0.1) is 0 Å². The summed E-state index contributed by atoms with van der Waals surface area (Å²) in [5.74, 6) is -1.92. The van der Waals surface area contributed by atoms with E-state index < -0.39 is 35.8 Å². The van der Waals surface area contributed by atoms with Crippen LogP contribution in [0, 0.1) is 11.6 Å². The van der Waals surface area contributed by atoms with E-state index in [2.05, 4.69) is 5.32 Å². The number of rotatable bonds is 6. The molecule has 24 heavy (non-hydrogen) atoms. The van der Waals surface area contributed by atoms with Crippen LogP contribution >= 0.6 is 0 Å². The Kier molecular flexibility index (Phi) is 5.87. The Morgan fingerprint density at radius 3 is 2.38 bits per heavy atom. The van der Waals surface area contributed by atoms with Crippen molar-refractivity contribution in [3.63, 3.8) is 0 Å². The minimum atomic E-state index is -1.17. The van der Waals surface area contributed by atoms with Crippen molar-refractivity contribution in [3.8, 4) is 5.75 Å². The lowest BCUT2D eigenvalue weighted by molar-refractivity contribution is -0.128. The molecule has 3 unspecified atom stereocenters. The van der Waals surface area contributed by atoms with E-state index in [1.54, 1.807) is 38.1 Å². The van der Waals surface area contributed by atoms with Gasteiger partial charge in [-0.25, -0.2) is 8.78 Å². The van der Waals surface area contributed by atoms with Crippen LogP contribution in [0.3, 0.4) is 0 Å². The minimum absolute atomic E-state index is 0.179. The summed E-state index contributed by atoms with van der Waals surface area (Å²) in [6.45, 7) is 3.15. The SMILES string of the molecule is CC(Oc1ccccc1)C(=O)NC(C)C(O)c1ccc(F)c(F)c1. The van der Waals surface area contributed by atoms with Crippen molar-refractivity contribution in [1.82, 2.24) is 5.32 Å². The number of ether oxygens (including phenoxy) is 1. The van der Waals surface area contributed by atoms with Crippen LogP contribution in [0.1, 0.15) is 25.5 Å². The zero-order valence-electron chi connectivity index (χ0n) is 13.4. The van der Waals surface area contributed by atoms with E-state index in [1.807, 2.05) is 6.07 Å². The van der Waals surface area contributed by atoms with Crippen LogP contribution in [0.5, 0.6) is 5.75 Å². The Morgan fingerprint density at radius 2 is 1.75 bits per heavy atom. The van der Waals surface area contributed by atoms with E-state index >= 15 is 0 Å². The van der Waals surface area contributed by atoms with Crippen molar-refractivity contribution in [2.45, 2.75) is 32.1 Å². The Hall–Kier alpha value is -2.47. The Morgan fingerprint density at radius 1 is 1.08 bits per heavy atom. The number of aliphatic hydroxyl groups is 1. The maximum Gasteiger partial charge on any atom is 0.261 e. The van der Waals surface area contributed by atoms with Gasteiger partial charge in [-0.3, -0.25) is 4.79 Å². The summed E-state index contributed by atoms with van der Waals surface area (Å²) in [5, 5.41) is 12.8. The molecule has 2 aromatic rings. The Labute approximate surface area is 139 Å². The van der Waals surface area contributed by atoms with E-state index in [0.717, 1.165) is 12.1 Å². The van der Waals surface area contributed by atoms with Gasteiger partial charge < -0.3 is 15.2 Å². The van der Waals surface area contributed by atoms with Crippen LogP contribution in [0.15, 0.2) is 48.5 Å². The molecular weight excluding hydrogens is 316 g/mol. The molecule has 0 saturated carbocycles. The number of para-hydroxylation sites is 1. The van der Waals surface area contributed by atoms with E-state index in [1.165, 1.54) is 6.07 Å². The first kappa shape index (κ1) is 17.9. The van der Waals surface area contributed by atoms with Crippen molar-refractivity contribution < 1.29 is 23.4 Å². The summed E-state index contributed by atoms with van der Waals surface area (Å²) in [4.78, 5) is 12.1. The number of aliphatic hydroxyl groups excluding tert-OH is 1. The lowest BCUT2D eigenvalue weighted by Gasteiger charge is -2.23. The molecule has 2 N–H and O–H groups in total. The normalized spacial score (nSPS) is 14.5. The van der Waals surface area contributed by atoms with Gasteiger partial charge in [0.05, 0.1) is 12.1 Å². The molecule has 2 rings (SSSR count). The highest BCUT2D eigenvalue weighted by atomic mass is 19.2. The van der Waals surface area contributed by atoms with Gasteiger partial charge in [-0.2, -0.15) is 0 Å². The highest BCUT2D eigenvalue weighted by molar-refractivity contribution is 5.81. The topological polar surface area (TPSA) is 58.6 Å². The fourth-order valence-electron chi connectivity index (χ4n) is 2.16. The number of hydrogen-bond donors (Lipinski definition) is 2. The van der Waals surface area contributed by atoms with Crippen molar-refractivity contribution in [2.24, 2.45) is 0 Å². The third kappa shape index (κ3) is 4.52. The number of benzene rings is 2. The molecule has 128 valence electrons. The predicted molar refractivity (Wildman–Crippen MR) is 85.5 cm³/mol. The molecular formula is C18H19F2NO3. The largest absolute Gasteiger partial charge is 0.481 e. The van der Waals surface area contributed by atoms with Crippen LogP contribution in [-0.2, 0) is 4.79 Å². The molecule has 0 radical (unpaired) electrons. The van der Waals surface area contributed by atoms with Crippen LogP contribution in [0.4, 0.5) is 8.78 Å². The molecule has 2 aromatic carbocycles.